The molecule has 8 nitrogen and oxygen atoms in total. The summed E-state index contributed by atoms with van der Waals surface area (Å²) in [5.41, 5.74) is 2.81. The van der Waals surface area contributed by atoms with Crippen LogP contribution >= 0.6 is 11.3 Å². The lowest BCUT2D eigenvalue weighted by atomic mass is 10.2. The fraction of sp³-hybridized carbons (Fsp3) is 0.0588. The molecule has 0 radical (unpaired) electrons. The van der Waals surface area contributed by atoms with Crippen molar-refractivity contribution in [3.63, 3.8) is 0 Å². The maximum atomic E-state index is 12.1. The zero-order chi connectivity index (χ0) is 17.9. The van der Waals surface area contributed by atoms with Crippen molar-refractivity contribution in [2.24, 2.45) is 0 Å². The average molecular weight is 367 g/mol. The maximum absolute atomic E-state index is 12.1. The fourth-order valence-corrected chi connectivity index (χ4v) is 3.06. The highest BCUT2D eigenvalue weighted by Crippen LogP contribution is 2.28. The molecule has 26 heavy (non-hydrogen) atoms. The Morgan fingerprint density at radius 1 is 1.12 bits per heavy atom. The van der Waals surface area contributed by atoms with E-state index in [2.05, 4.69) is 25.8 Å². The molecule has 2 heterocycles. The summed E-state index contributed by atoms with van der Waals surface area (Å²) in [7, 11) is 1.61. The van der Waals surface area contributed by atoms with Gasteiger partial charge in [-0.2, -0.15) is 0 Å². The second kappa shape index (κ2) is 6.81. The van der Waals surface area contributed by atoms with Crippen LogP contribution in [0.25, 0.3) is 21.7 Å². The molecular weight excluding hydrogens is 354 g/mol. The number of urea groups is 1. The summed E-state index contributed by atoms with van der Waals surface area (Å²) in [5, 5.41) is 14.6. The molecule has 0 saturated carbocycles. The van der Waals surface area contributed by atoms with Crippen molar-refractivity contribution in [2.75, 3.05) is 17.7 Å². The van der Waals surface area contributed by atoms with E-state index in [0.717, 1.165) is 16.8 Å². The number of nitrogens with one attached hydrogen (secondary N) is 2. The van der Waals surface area contributed by atoms with Gasteiger partial charge in [-0.3, -0.25) is 5.32 Å². The third-order valence-electron chi connectivity index (χ3n) is 3.57. The Morgan fingerprint density at radius 2 is 1.96 bits per heavy atom. The first-order valence-electron chi connectivity index (χ1n) is 7.60. The minimum atomic E-state index is -0.415. The van der Waals surface area contributed by atoms with Crippen molar-refractivity contribution in [1.82, 2.24) is 15.2 Å². The Hall–Kier alpha value is -3.46. The molecule has 2 aromatic carbocycles. The standard InChI is InChI=1S/C17H13N5O3S/c1-24-12-5-2-10(3-6-12)15-21-22-17(26-15)20-16(23)19-11-4-7-13-14(8-11)25-9-18-13/h2-9H,1H3,(H2,19,20,22,23). The maximum Gasteiger partial charge on any atom is 0.325 e. The van der Waals surface area contributed by atoms with E-state index in [1.54, 1.807) is 25.3 Å². The van der Waals surface area contributed by atoms with Crippen LogP contribution in [-0.4, -0.2) is 28.3 Å². The molecule has 9 heteroatoms. The molecule has 2 aromatic heterocycles. The van der Waals surface area contributed by atoms with E-state index >= 15 is 0 Å². The molecular formula is C17H13N5O3S. The van der Waals surface area contributed by atoms with Crippen molar-refractivity contribution < 1.29 is 13.9 Å². The number of amides is 2. The van der Waals surface area contributed by atoms with Gasteiger partial charge in [0.2, 0.25) is 5.13 Å². The van der Waals surface area contributed by atoms with Crippen molar-refractivity contribution in [3.8, 4) is 16.3 Å². The summed E-state index contributed by atoms with van der Waals surface area (Å²) in [6, 6.07) is 12.2. The summed E-state index contributed by atoms with van der Waals surface area (Å²) < 4.78 is 10.3. The van der Waals surface area contributed by atoms with Gasteiger partial charge < -0.3 is 14.5 Å². The van der Waals surface area contributed by atoms with Gasteiger partial charge >= 0.3 is 6.03 Å². The Kier molecular flexibility index (Phi) is 4.20. The monoisotopic (exact) mass is 367 g/mol. The second-order valence-electron chi connectivity index (χ2n) is 5.25. The normalized spacial score (nSPS) is 10.7. The highest BCUT2D eigenvalue weighted by atomic mass is 32.1. The number of carbonyl (C=O) groups excluding carboxylic acids is 1. The molecule has 0 fully saturated rings. The quantitative estimate of drug-likeness (QED) is 0.565. The minimum Gasteiger partial charge on any atom is -0.497 e. The summed E-state index contributed by atoms with van der Waals surface area (Å²) >= 11 is 1.28. The topological polar surface area (TPSA) is 102 Å². The molecule has 0 aliphatic heterocycles. The van der Waals surface area contributed by atoms with Gasteiger partial charge in [0.1, 0.15) is 16.3 Å². The number of methoxy groups -OCH3 is 1. The Morgan fingerprint density at radius 3 is 2.77 bits per heavy atom. The van der Waals surface area contributed by atoms with Gasteiger partial charge in [-0.25, -0.2) is 9.78 Å². The smallest absolute Gasteiger partial charge is 0.325 e. The number of oxazole rings is 1. The van der Waals surface area contributed by atoms with E-state index in [4.69, 9.17) is 9.15 Å². The van der Waals surface area contributed by atoms with Crippen molar-refractivity contribution >= 4 is 39.3 Å². The molecule has 0 spiro atoms. The first-order valence-corrected chi connectivity index (χ1v) is 8.42. The second-order valence-corrected chi connectivity index (χ2v) is 6.23. The summed E-state index contributed by atoms with van der Waals surface area (Å²) in [4.78, 5) is 16.2. The van der Waals surface area contributed by atoms with Gasteiger partial charge in [-0.15, -0.1) is 10.2 Å². The van der Waals surface area contributed by atoms with Crippen LogP contribution in [0, 0.1) is 0 Å². The molecule has 4 rings (SSSR count). The number of nitrogens with zero attached hydrogens (tertiary/aromatic N) is 3. The van der Waals surface area contributed by atoms with Crippen LogP contribution in [0.5, 0.6) is 5.75 Å². The largest absolute Gasteiger partial charge is 0.497 e. The molecule has 2 N–H and O–H groups in total. The zero-order valence-electron chi connectivity index (χ0n) is 13.6. The number of fused-ring (bicyclic) bond motifs is 1. The number of rotatable bonds is 4. The van der Waals surface area contributed by atoms with E-state index in [-0.39, 0.29) is 0 Å². The third kappa shape index (κ3) is 3.33. The molecule has 0 bridgehead atoms. The molecule has 0 atom stereocenters. The van der Waals surface area contributed by atoms with Crippen molar-refractivity contribution in [1.29, 1.82) is 0 Å². The van der Waals surface area contributed by atoms with E-state index in [1.165, 1.54) is 17.7 Å². The first kappa shape index (κ1) is 16.0. The van der Waals surface area contributed by atoms with Crippen LogP contribution in [0.4, 0.5) is 15.6 Å². The molecule has 0 aliphatic rings. The van der Waals surface area contributed by atoms with Gasteiger partial charge in [0.25, 0.3) is 0 Å². The van der Waals surface area contributed by atoms with Crippen molar-refractivity contribution in [2.45, 2.75) is 0 Å². The fourth-order valence-electron chi connectivity index (χ4n) is 2.32. The number of carbonyl (C=O) groups is 1. The molecule has 0 saturated heterocycles. The van der Waals surface area contributed by atoms with Gasteiger partial charge in [0, 0.05) is 17.3 Å². The number of benzene rings is 2. The third-order valence-corrected chi connectivity index (χ3v) is 4.46. The average Bonchev–Trinajstić information content (AvgIpc) is 3.30. The molecule has 130 valence electrons. The number of ether oxygens (including phenoxy) is 1. The van der Waals surface area contributed by atoms with Crippen LogP contribution in [0.1, 0.15) is 0 Å². The molecule has 0 aliphatic carbocycles. The highest BCUT2D eigenvalue weighted by Gasteiger charge is 2.10. The summed E-state index contributed by atoms with van der Waals surface area (Å²) in [6.07, 6.45) is 1.36. The first-order chi connectivity index (χ1) is 12.7. The van der Waals surface area contributed by atoms with Crippen LogP contribution in [-0.2, 0) is 0 Å². The number of hydrogen-bond donors (Lipinski definition) is 2. The van der Waals surface area contributed by atoms with Crippen molar-refractivity contribution in [3.05, 3.63) is 48.9 Å². The molecule has 4 aromatic rings. The summed E-state index contributed by atoms with van der Waals surface area (Å²) in [5.74, 6) is 0.764. The van der Waals surface area contributed by atoms with Crippen LogP contribution in [0.15, 0.2) is 53.3 Å². The lowest BCUT2D eigenvalue weighted by Gasteiger charge is -2.04. The lowest BCUT2D eigenvalue weighted by molar-refractivity contribution is 0.262. The van der Waals surface area contributed by atoms with Gasteiger partial charge in [0.15, 0.2) is 12.0 Å². The lowest BCUT2D eigenvalue weighted by Crippen LogP contribution is -2.19. The molecule has 2 amide bonds. The van der Waals surface area contributed by atoms with E-state index in [9.17, 15) is 4.79 Å². The predicted molar refractivity (Wildman–Crippen MR) is 98.5 cm³/mol. The number of aromatic nitrogens is 3. The Balaban J connectivity index is 1.43. The SMILES string of the molecule is COc1ccc(-c2nnc(NC(=O)Nc3ccc4ncoc4c3)s2)cc1. The van der Waals surface area contributed by atoms with Crippen LogP contribution in [0.3, 0.4) is 0 Å². The Labute approximate surface area is 151 Å². The predicted octanol–water partition coefficient (Wildman–Crippen LogP) is 4.00. The van der Waals surface area contributed by atoms with Gasteiger partial charge in [0.05, 0.1) is 7.11 Å². The van der Waals surface area contributed by atoms with Gasteiger partial charge in [-0.05, 0) is 36.4 Å². The van der Waals surface area contributed by atoms with Crippen LogP contribution in [0.2, 0.25) is 0 Å². The Bertz CT molecular complexity index is 1060. The summed E-state index contributed by atoms with van der Waals surface area (Å²) in [6.45, 7) is 0. The molecule has 0 unspecified atom stereocenters. The zero-order valence-corrected chi connectivity index (χ0v) is 14.4. The van der Waals surface area contributed by atoms with E-state index in [1.807, 2.05) is 24.3 Å². The van der Waals surface area contributed by atoms with Gasteiger partial charge in [-0.1, -0.05) is 11.3 Å². The minimum absolute atomic E-state index is 0.397. The number of hydrogen-bond acceptors (Lipinski definition) is 7. The highest BCUT2D eigenvalue weighted by molar-refractivity contribution is 7.18. The van der Waals surface area contributed by atoms with E-state index in [0.29, 0.717) is 21.4 Å². The number of anilines is 2. The van der Waals surface area contributed by atoms with Crippen LogP contribution < -0.4 is 15.4 Å². The van der Waals surface area contributed by atoms with E-state index < -0.39 is 6.03 Å².